The molecular weight excluding hydrogens is 246 g/mol. The first-order valence-corrected chi connectivity index (χ1v) is 7.15. The second kappa shape index (κ2) is 6.58. The predicted molar refractivity (Wildman–Crippen MR) is 84.2 cm³/mol. The molecular formula is C18H23NO. The second-order valence-electron chi connectivity index (χ2n) is 5.18. The van der Waals surface area contributed by atoms with Gasteiger partial charge in [0.25, 0.3) is 0 Å². The molecule has 1 unspecified atom stereocenters. The number of hydrogen-bond acceptors (Lipinski definition) is 2. The minimum atomic E-state index is 0.0190. The Morgan fingerprint density at radius 1 is 1.00 bits per heavy atom. The lowest BCUT2D eigenvalue weighted by molar-refractivity contribution is 0.340. The third-order valence-electron chi connectivity index (χ3n) is 3.69. The van der Waals surface area contributed by atoms with Gasteiger partial charge in [-0.2, -0.15) is 0 Å². The van der Waals surface area contributed by atoms with Crippen molar-refractivity contribution in [2.75, 3.05) is 6.61 Å². The van der Waals surface area contributed by atoms with Gasteiger partial charge < -0.3 is 10.5 Å². The predicted octanol–water partition coefficient (Wildman–Crippen LogP) is 3.94. The molecule has 0 aliphatic heterocycles. The van der Waals surface area contributed by atoms with Gasteiger partial charge >= 0.3 is 0 Å². The average molecular weight is 269 g/mol. The zero-order valence-corrected chi connectivity index (χ0v) is 12.5. The van der Waals surface area contributed by atoms with Crippen LogP contribution < -0.4 is 10.5 Å². The van der Waals surface area contributed by atoms with Crippen molar-refractivity contribution < 1.29 is 4.74 Å². The van der Waals surface area contributed by atoms with Gasteiger partial charge in [-0.25, -0.2) is 0 Å². The summed E-state index contributed by atoms with van der Waals surface area (Å²) in [6.07, 6.45) is 0.868. The van der Waals surface area contributed by atoms with E-state index >= 15 is 0 Å². The maximum absolute atomic E-state index is 6.35. The van der Waals surface area contributed by atoms with Gasteiger partial charge in [0, 0.05) is 6.04 Å². The molecule has 2 rings (SSSR count). The summed E-state index contributed by atoms with van der Waals surface area (Å²) in [7, 11) is 0. The van der Waals surface area contributed by atoms with E-state index in [-0.39, 0.29) is 6.04 Å². The summed E-state index contributed by atoms with van der Waals surface area (Å²) in [5, 5.41) is 0. The highest BCUT2D eigenvalue weighted by Crippen LogP contribution is 2.23. The molecule has 2 nitrogen and oxygen atoms in total. The molecule has 2 N–H and O–H groups in total. The second-order valence-corrected chi connectivity index (χ2v) is 5.18. The molecule has 0 bridgehead atoms. The van der Waals surface area contributed by atoms with E-state index in [1.165, 1.54) is 16.7 Å². The molecule has 2 heteroatoms. The molecule has 0 saturated carbocycles. The zero-order valence-electron chi connectivity index (χ0n) is 12.5. The smallest absolute Gasteiger partial charge is 0.119 e. The fourth-order valence-electron chi connectivity index (χ4n) is 2.49. The van der Waals surface area contributed by atoms with Crippen LogP contribution in [-0.4, -0.2) is 6.61 Å². The fraction of sp³-hybridized carbons (Fsp3) is 0.333. The summed E-state index contributed by atoms with van der Waals surface area (Å²) in [6.45, 7) is 6.97. The van der Waals surface area contributed by atoms with Crippen LogP contribution in [0.15, 0.2) is 42.5 Å². The Kier molecular flexibility index (Phi) is 4.80. The molecule has 0 saturated heterocycles. The number of nitrogens with two attached hydrogens (primary N) is 1. The van der Waals surface area contributed by atoms with E-state index in [1.54, 1.807) is 0 Å². The first-order chi connectivity index (χ1) is 9.61. The van der Waals surface area contributed by atoms with Crippen LogP contribution in [0.4, 0.5) is 0 Å². The van der Waals surface area contributed by atoms with E-state index in [1.807, 2.05) is 19.1 Å². The Balaban J connectivity index is 2.13. The standard InChI is InChI=1S/C18H23NO/c1-4-20-16-10-8-15(9-11-16)18(19)12-17-13(2)6-5-7-14(17)3/h5-11,18H,4,12,19H2,1-3H3. The van der Waals surface area contributed by atoms with Gasteiger partial charge in [0.15, 0.2) is 0 Å². The van der Waals surface area contributed by atoms with E-state index in [9.17, 15) is 0 Å². The minimum Gasteiger partial charge on any atom is -0.494 e. The van der Waals surface area contributed by atoms with Crippen LogP contribution in [0, 0.1) is 13.8 Å². The molecule has 0 heterocycles. The Hall–Kier alpha value is -1.80. The minimum absolute atomic E-state index is 0.0190. The molecule has 0 aliphatic rings. The third-order valence-corrected chi connectivity index (χ3v) is 3.69. The number of aryl methyl sites for hydroxylation is 2. The topological polar surface area (TPSA) is 35.2 Å². The summed E-state index contributed by atoms with van der Waals surface area (Å²) >= 11 is 0. The van der Waals surface area contributed by atoms with Crippen molar-refractivity contribution in [1.82, 2.24) is 0 Å². The summed E-state index contributed by atoms with van der Waals surface area (Å²) in [4.78, 5) is 0. The highest BCUT2D eigenvalue weighted by atomic mass is 16.5. The van der Waals surface area contributed by atoms with Gasteiger partial charge in [0.05, 0.1) is 6.61 Å². The van der Waals surface area contributed by atoms with Gasteiger partial charge in [-0.1, -0.05) is 30.3 Å². The van der Waals surface area contributed by atoms with Gasteiger partial charge in [-0.15, -0.1) is 0 Å². The van der Waals surface area contributed by atoms with Crippen molar-refractivity contribution in [3.63, 3.8) is 0 Å². The summed E-state index contributed by atoms with van der Waals surface area (Å²) in [6, 6.07) is 14.5. The van der Waals surface area contributed by atoms with Crippen molar-refractivity contribution in [2.24, 2.45) is 5.73 Å². The molecule has 106 valence electrons. The van der Waals surface area contributed by atoms with Gasteiger partial charge in [0.1, 0.15) is 5.75 Å². The van der Waals surface area contributed by atoms with Crippen LogP contribution in [0.2, 0.25) is 0 Å². The molecule has 1 atom stereocenters. The van der Waals surface area contributed by atoms with Crippen LogP contribution in [0.25, 0.3) is 0 Å². The fourth-order valence-corrected chi connectivity index (χ4v) is 2.49. The molecule has 2 aromatic carbocycles. The molecule has 2 aromatic rings. The molecule has 0 aromatic heterocycles. The lowest BCUT2D eigenvalue weighted by atomic mass is 9.93. The van der Waals surface area contributed by atoms with Crippen molar-refractivity contribution in [1.29, 1.82) is 0 Å². The number of ether oxygens (including phenoxy) is 1. The van der Waals surface area contributed by atoms with Gasteiger partial charge in [-0.3, -0.25) is 0 Å². The van der Waals surface area contributed by atoms with E-state index in [2.05, 4.69) is 44.2 Å². The van der Waals surface area contributed by atoms with E-state index in [0.717, 1.165) is 17.7 Å². The zero-order chi connectivity index (χ0) is 14.5. The number of hydrogen-bond donors (Lipinski definition) is 1. The maximum atomic E-state index is 6.35. The molecule has 0 amide bonds. The summed E-state index contributed by atoms with van der Waals surface area (Å²) < 4.78 is 5.46. The lowest BCUT2D eigenvalue weighted by Gasteiger charge is -2.16. The normalized spacial score (nSPS) is 12.2. The van der Waals surface area contributed by atoms with Crippen molar-refractivity contribution in [2.45, 2.75) is 33.2 Å². The number of rotatable bonds is 5. The van der Waals surface area contributed by atoms with Crippen LogP contribution in [0.3, 0.4) is 0 Å². The van der Waals surface area contributed by atoms with Gasteiger partial charge in [0.2, 0.25) is 0 Å². The summed E-state index contributed by atoms with van der Waals surface area (Å²) in [5.41, 5.74) is 11.5. The van der Waals surface area contributed by atoms with E-state index in [4.69, 9.17) is 10.5 Å². The largest absolute Gasteiger partial charge is 0.494 e. The third kappa shape index (κ3) is 3.40. The molecule has 20 heavy (non-hydrogen) atoms. The summed E-state index contributed by atoms with van der Waals surface area (Å²) in [5.74, 6) is 0.899. The quantitative estimate of drug-likeness (QED) is 0.892. The SMILES string of the molecule is CCOc1ccc(C(N)Cc2c(C)cccc2C)cc1. The first-order valence-electron chi connectivity index (χ1n) is 7.15. The Morgan fingerprint density at radius 2 is 1.60 bits per heavy atom. The number of benzene rings is 2. The van der Waals surface area contributed by atoms with Crippen LogP contribution in [0.5, 0.6) is 5.75 Å². The van der Waals surface area contributed by atoms with E-state index in [0.29, 0.717) is 6.61 Å². The highest BCUT2D eigenvalue weighted by Gasteiger charge is 2.10. The Morgan fingerprint density at radius 3 is 2.15 bits per heavy atom. The molecule has 0 fully saturated rings. The average Bonchev–Trinajstić information content (AvgIpc) is 2.44. The Bertz CT molecular complexity index is 540. The van der Waals surface area contributed by atoms with Gasteiger partial charge in [-0.05, 0) is 61.6 Å². The first kappa shape index (κ1) is 14.6. The van der Waals surface area contributed by atoms with Crippen molar-refractivity contribution in [3.8, 4) is 5.75 Å². The molecule has 0 radical (unpaired) electrons. The van der Waals surface area contributed by atoms with Crippen molar-refractivity contribution in [3.05, 3.63) is 64.7 Å². The van der Waals surface area contributed by atoms with Crippen LogP contribution >= 0.6 is 0 Å². The maximum Gasteiger partial charge on any atom is 0.119 e. The Labute approximate surface area is 121 Å². The monoisotopic (exact) mass is 269 g/mol. The highest BCUT2D eigenvalue weighted by molar-refractivity contribution is 5.36. The van der Waals surface area contributed by atoms with Crippen LogP contribution in [0.1, 0.15) is 35.2 Å². The van der Waals surface area contributed by atoms with E-state index < -0.39 is 0 Å². The molecule has 0 aliphatic carbocycles. The van der Waals surface area contributed by atoms with Crippen LogP contribution in [-0.2, 0) is 6.42 Å². The lowest BCUT2D eigenvalue weighted by Crippen LogP contribution is -2.14. The molecule has 0 spiro atoms. The van der Waals surface area contributed by atoms with Crippen molar-refractivity contribution >= 4 is 0 Å².